The van der Waals surface area contributed by atoms with E-state index in [1.165, 1.54) is 22.4 Å². The van der Waals surface area contributed by atoms with E-state index in [0.717, 1.165) is 93.3 Å². The molecule has 2 aromatic heterocycles. The first-order valence-electron chi connectivity index (χ1n) is 20.2. The van der Waals surface area contributed by atoms with Crippen LogP contribution in [0.5, 0.6) is 0 Å². The van der Waals surface area contributed by atoms with Gasteiger partial charge in [0.25, 0.3) is 0 Å². The van der Waals surface area contributed by atoms with Crippen LogP contribution in [0.2, 0.25) is 0 Å². The lowest BCUT2D eigenvalue weighted by Crippen LogP contribution is -2.29. The predicted molar refractivity (Wildman–Crippen MR) is 237 cm³/mol. The van der Waals surface area contributed by atoms with Gasteiger partial charge in [0.05, 0.1) is 16.1 Å². The number of primary amides is 1. The van der Waals surface area contributed by atoms with Crippen LogP contribution in [-0.2, 0) is 32.0 Å². The van der Waals surface area contributed by atoms with Crippen molar-refractivity contribution in [2.45, 2.75) is 97.4 Å². The number of carbonyl (C=O) groups is 4. The molecule has 59 heavy (non-hydrogen) atoms. The van der Waals surface area contributed by atoms with Gasteiger partial charge in [-0.25, -0.2) is 9.97 Å². The largest absolute Gasteiger partial charge is 0.440 e. The van der Waals surface area contributed by atoms with Gasteiger partial charge in [-0.2, -0.15) is 0 Å². The quantitative estimate of drug-likeness (QED) is 0.0366. The van der Waals surface area contributed by atoms with Crippen LogP contribution in [0.4, 0.5) is 0 Å². The van der Waals surface area contributed by atoms with Crippen LogP contribution in [0, 0.1) is 6.92 Å². The molecule has 0 fully saturated rings. The van der Waals surface area contributed by atoms with Gasteiger partial charge in [-0.3, -0.25) is 19.2 Å². The number of aliphatic hydroxyl groups is 1. The highest BCUT2D eigenvalue weighted by Gasteiger charge is 2.17. The minimum absolute atomic E-state index is 0.00275. The molecule has 0 bridgehead atoms. The van der Waals surface area contributed by atoms with Gasteiger partial charge in [-0.05, 0) is 64.0 Å². The number of nitrogens with zero attached hydrogens (tertiary/aromatic N) is 2. The first-order valence-corrected chi connectivity index (χ1v) is 21.1. The molecule has 0 aliphatic carbocycles. The number of unbranched alkanes of at least 4 members (excludes halogenated alkanes) is 5. The van der Waals surface area contributed by atoms with Crippen LogP contribution in [-0.4, -0.2) is 66.0 Å². The molecule has 0 saturated heterocycles. The second-order valence-corrected chi connectivity index (χ2v) is 14.6. The summed E-state index contributed by atoms with van der Waals surface area (Å²) in [6.45, 7) is 7.41. The molecule has 0 saturated carbocycles. The number of nitrogens with two attached hydrogens (primary N) is 1. The third-order valence-corrected chi connectivity index (χ3v) is 9.73. The molecule has 13 heteroatoms. The van der Waals surface area contributed by atoms with Crippen LogP contribution in [0.15, 0.2) is 94.9 Å². The van der Waals surface area contributed by atoms with Crippen LogP contribution in [0.1, 0.15) is 88.8 Å². The number of aryl methyl sites for hydroxylation is 3. The Kier molecular flexibility index (Phi) is 25.5. The Morgan fingerprint density at radius 3 is 1.98 bits per heavy atom. The summed E-state index contributed by atoms with van der Waals surface area (Å²) in [4.78, 5) is 52.9. The van der Waals surface area contributed by atoms with E-state index in [1.807, 2.05) is 86.9 Å². The van der Waals surface area contributed by atoms with Gasteiger partial charge >= 0.3 is 0 Å². The molecule has 0 spiro atoms. The summed E-state index contributed by atoms with van der Waals surface area (Å²) in [5.74, 6) is 1.40. The number of oxazole rings is 1. The minimum atomic E-state index is -0.00275. The smallest absolute Gasteiger partial charge is 0.220 e. The fourth-order valence-corrected chi connectivity index (χ4v) is 6.75. The summed E-state index contributed by atoms with van der Waals surface area (Å²) in [5, 5.41) is 15.6. The summed E-state index contributed by atoms with van der Waals surface area (Å²) < 4.78 is 6.10. The van der Waals surface area contributed by atoms with Crippen molar-refractivity contribution in [3.63, 3.8) is 0 Å². The normalized spacial score (nSPS) is 10.1. The van der Waals surface area contributed by atoms with Gasteiger partial charge in [0, 0.05) is 56.6 Å². The molecule has 0 aliphatic rings. The van der Waals surface area contributed by atoms with Gasteiger partial charge in [-0.15, -0.1) is 11.3 Å². The lowest BCUT2D eigenvalue weighted by atomic mass is 10.0. The number of thiazole rings is 1. The molecule has 0 atom stereocenters. The highest BCUT2D eigenvalue weighted by atomic mass is 32.1. The summed E-state index contributed by atoms with van der Waals surface area (Å²) in [5.41, 5.74) is 12.5. The summed E-state index contributed by atoms with van der Waals surface area (Å²) in [6, 6.07) is 28.8. The molecule has 2 heterocycles. The number of hydrogen-bond donors (Lipinski definition) is 5. The SMILES string of the molecule is CC(C)NC(=O)CCCCCCNC(=O)CCc1nc(-c2ccccc2)c(-c2ccccc2)o1.CO.Cc1ncsc1-c1ccc(CCCCCNC=O)cc1.NC=O. The zero-order chi connectivity index (χ0) is 43.1. The van der Waals surface area contributed by atoms with E-state index in [2.05, 4.69) is 50.9 Å². The van der Waals surface area contributed by atoms with E-state index in [4.69, 9.17) is 19.3 Å². The van der Waals surface area contributed by atoms with Crippen LogP contribution >= 0.6 is 11.3 Å². The minimum Gasteiger partial charge on any atom is -0.440 e. The van der Waals surface area contributed by atoms with Crippen molar-refractivity contribution >= 4 is 36.0 Å². The van der Waals surface area contributed by atoms with E-state index in [9.17, 15) is 14.4 Å². The third-order valence-electron chi connectivity index (χ3n) is 8.75. The molecule has 5 rings (SSSR count). The average molecular weight is 827 g/mol. The second-order valence-electron chi connectivity index (χ2n) is 13.7. The number of rotatable bonds is 21. The van der Waals surface area contributed by atoms with Crippen molar-refractivity contribution in [3.8, 4) is 33.0 Å². The van der Waals surface area contributed by atoms with Gasteiger partial charge in [-0.1, -0.05) is 104 Å². The molecule has 3 aromatic carbocycles. The molecular formula is C46H62N6O6S. The molecule has 318 valence electrons. The molecule has 5 aromatic rings. The number of hydrogen-bond acceptors (Lipinski definition) is 9. The summed E-state index contributed by atoms with van der Waals surface area (Å²) in [7, 11) is 1.00. The number of benzene rings is 3. The maximum atomic E-state index is 12.3. The summed E-state index contributed by atoms with van der Waals surface area (Å²) >= 11 is 1.69. The number of aromatic nitrogens is 2. The van der Waals surface area contributed by atoms with E-state index in [1.54, 1.807) is 11.3 Å². The van der Waals surface area contributed by atoms with Crippen LogP contribution in [0.3, 0.4) is 0 Å². The topological polar surface area (TPSA) is 190 Å². The molecule has 6 N–H and O–H groups in total. The van der Waals surface area contributed by atoms with Crippen LogP contribution in [0.25, 0.3) is 33.0 Å². The molecule has 0 radical (unpaired) electrons. The van der Waals surface area contributed by atoms with E-state index in [-0.39, 0.29) is 24.3 Å². The van der Waals surface area contributed by atoms with Gasteiger partial charge in [0.2, 0.25) is 24.6 Å². The zero-order valence-electron chi connectivity index (χ0n) is 35.0. The van der Waals surface area contributed by atoms with Crippen molar-refractivity contribution in [1.82, 2.24) is 25.9 Å². The standard InChI is InChI=1S/C28H35N3O3.C16H20N2OS.CH3NO.CH4O/c1-21(2)30-25(33)17-11-3-4-12-20-29-24(32)18-19-26-31-27(22-13-7-5-8-14-22)28(34-26)23-15-9-6-10-16-23;1-13-16(20-12-18-13)15-8-6-14(7-9-15)5-3-2-4-10-17-11-19;2-1-3;1-2/h5-10,13-16,21H,3-4,11-12,17-20H2,1-2H3,(H,29,32)(H,30,33);6-9,11-12H,2-5,10H2,1H3,(H,17,19);1H,(H2,2,3);2H,1H3. The highest BCUT2D eigenvalue weighted by Crippen LogP contribution is 2.33. The molecule has 12 nitrogen and oxygen atoms in total. The highest BCUT2D eigenvalue weighted by molar-refractivity contribution is 7.13. The number of aliphatic hydroxyl groups excluding tert-OH is 1. The van der Waals surface area contributed by atoms with Crippen LogP contribution < -0.4 is 21.7 Å². The van der Waals surface area contributed by atoms with Gasteiger partial charge < -0.3 is 31.2 Å². The maximum Gasteiger partial charge on any atom is 0.220 e. The van der Waals surface area contributed by atoms with Crippen molar-refractivity contribution < 1.29 is 28.7 Å². The number of nitrogens with one attached hydrogen (secondary N) is 3. The Labute approximate surface area is 353 Å². The average Bonchev–Trinajstić information content (AvgIpc) is 3.89. The van der Waals surface area contributed by atoms with Crippen molar-refractivity contribution in [3.05, 3.63) is 108 Å². The fourth-order valence-electron chi connectivity index (χ4n) is 5.94. The lowest BCUT2D eigenvalue weighted by molar-refractivity contribution is -0.122. The Balaban J connectivity index is 0.000000406. The molecule has 0 aliphatic heterocycles. The second kappa shape index (κ2) is 30.4. The van der Waals surface area contributed by atoms with E-state index in [0.29, 0.717) is 31.7 Å². The van der Waals surface area contributed by atoms with E-state index >= 15 is 0 Å². The number of carbonyl (C=O) groups excluding carboxylic acids is 4. The first-order chi connectivity index (χ1) is 28.7. The first kappa shape index (κ1) is 49.5. The summed E-state index contributed by atoms with van der Waals surface area (Å²) in [6.07, 6.45) is 10.6. The monoisotopic (exact) mass is 826 g/mol. The van der Waals surface area contributed by atoms with Gasteiger partial charge in [0.15, 0.2) is 11.7 Å². The van der Waals surface area contributed by atoms with Crippen molar-refractivity contribution in [2.24, 2.45) is 5.73 Å². The molecule has 0 unspecified atom stereocenters. The Morgan fingerprint density at radius 2 is 1.37 bits per heavy atom. The fraction of sp³-hybridized carbons (Fsp3) is 0.391. The molecule has 4 amide bonds. The maximum absolute atomic E-state index is 12.3. The Bertz CT molecular complexity index is 1820. The predicted octanol–water partition coefficient (Wildman–Crippen LogP) is 7.82. The van der Waals surface area contributed by atoms with Crippen molar-refractivity contribution in [1.29, 1.82) is 0 Å². The number of amides is 4. The third kappa shape index (κ3) is 20.0. The van der Waals surface area contributed by atoms with E-state index < -0.39 is 0 Å². The Hall–Kier alpha value is -5.66. The zero-order valence-corrected chi connectivity index (χ0v) is 35.8. The molecular weight excluding hydrogens is 765 g/mol. The van der Waals surface area contributed by atoms with Crippen molar-refractivity contribution in [2.75, 3.05) is 20.2 Å². The van der Waals surface area contributed by atoms with Gasteiger partial charge in [0.1, 0.15) is 5.69 Å². The Morgan fingerprint density at radius 1 is 0.763 bits per heavy atom. The lowest BCUT2D eigenvalue weighted by Gasteiger charge is -2.08.